The van der Waals surface area contributed by atoms with Crippen molar-refractivity contribution in [3.63, 3.8) is 0 Å². The zero-order valence-electron chi connectivity index (χ0n) is 11.1. The maximum Gasteiger partial charge on any atom is 0.323 e. The molecule has 1 aromatic heterocycles. The van der Waals surface area contributed by atoms with E-state index in [0.717, 1.165) is 5.69 Å². The second kappa shape index (κ2) is 7.30. The van der Waals surface area contributed by atoms with E-state index in [1.165, 1.54) is 4.90 Å². The van der Waals surface area contributed by atoms with Crippen LogP contribution >= 0.6 is 0 Å². The smallest absolute Gasteiger partial charge is 0.323 e. The number of rotatable bonds is 6. The highest BCUT2D eigenvalue weighted by Gasteiger charge is 2.15. The van der Waals surface area contributed by atoms with Gasteiger partial charge in [0.1, 0.15) is 6.54 Å². The predicted molar refractivity (Wildman–Crippen MR) is 68.5 cm³/mol. The topological polar surface area (TPSA) is 95.4 Å². The molecule has 19 heavy (non-hydrogen) atoms. The molecule has 0 atom stereocenters. The number of aryl methyl sites for hydroxylation is 1. The summed E-state index contributed by atoms with van der Waals surface area (Å²) in [7, 11) is 0. The number of hydrogen-bond donors (Lipinski definition) is 2. The molecule has 0 saturated heterocycles. The Balaban J connectivity index is 2.51. The molecule has 1 rings (SSSR count). The van der Waals surface area contributed by atoms with E-state index in [4.69, 9.17) is 5.11 Å². The molecule has 2 N–H and O–H groups in total. The molecule has 104 valence electrons. The van der Waals surface area contributed by atoms with Crippen molar-refractivity contribution < 1.29 is 14.7 Å². The summed E-state index contributed by atoms with van der Waals surface area (Å²) in [6, 6.07) is -0.411. The van der Waals surface area contributed by atoms with E-state index in [1.54, 1.807) is 12.4 Å². The van der Waals surface area contributed by atoms with Gasteiger partial charge < -0.3 is 15.3 Å². The van der Waals surface area contributed by atoms with Crippen LogP contribution in [0.1, 0.15) is 24.7 Å². The second-order valence-electron chi connectivity index (χ2n) is 4.12. The van der Waals surface area contributed by atoms with Gasteiger partial charge >= 0.3 is 12.0 Å². The Morgan fingerprint density at radius 3 is 2.63 bits per heavy atom. The predicted octanol–water partition coefficient (Wildman–Crippen LogP) is 0.791. The molecular weight excluding hydrogens is 248 g/mol. The Kier molecular flexibility index (Phi) is 5.72. The number of nitrogens with zero attached hydrogens (tertiary/aromatic N) is 3. The van der Waals surface area contributed by atoms with Crippen molar-refractivity contribution in [3.8, 4) is 0 Å². The number of carbonyl (C=O) groups excluding carboxylic acids is 1. The molecule has 0 aliphatic carbocycles. The number of aromatic nitrogens is 2. The molecule has 0 aliphatic heterocycles. The first kappa shape index (κ1) is 14.9. The van der Waals surface area contributed by atoms with Gasteiger partial charge in [-0.1, -0.05) is 6.92 Å². The lowest BCUT2D eigenvalue weighted by Gasteiger charge is -2.20. The minimum atomic E-state index is -1.03. The van der Waals surface area contributed by atoms with Crippen molar-refractivity contribution >= 4 is 12.0 Å². The Bertz CT molecular complexity index is 433. The Hall–Kier alpha value is -2.18. The number of carboxylic acid groups (broad SMARTS) is 1. The third-order valence-electron chi connectivity index (χ3n) is 2.36. The summed E-state index contributed by atoms with van der Waals surface area (Å²) in [5.74, 6) is -1.03. The molecule has 2 amide bonds. The van der Waals surface area contributed by atoms with Crippen LogP contribution in [0, 0.1) is 6.92 Å². The second-order valence-corrected chi connectivity index (χ2v) is 4.12. The normalized spacial score (nSPS) is 10.0. The minimum Gasteiger partial charge on any atom is -0.480 e. The largest absolute Gasteiger partial charge is 0.480 e. The fourth-order valence-electron chi connectivity index (χ4n) is 1.47. The Morgan fingerprint density at radius 2 is 2.11 bits per heavy atom. The third kappa shape index (κ3) is 5.33. The van der Waals surface area contributed by atoms with Crippen LogP contribution in [0.15, 0.2) is 12.4 Å². The molecule has 0 radical (unpaired) electrons. The van der Waals surface area contributed by atoms with Gasteiger partial charge in [-0.05, 0) is 13.3 Å². The Morgan fingerprint density at radius 1 is 1.37 bits per heavy atom. The van der Waals surface area contributed by atoms with Gasteiger partial charge in [-0.25, -0.2) is 4.79 Å². The van der Waals surface area contributed by atoms with Crippen molar-refractivity contribution in [2.24, 2.45) is 0 Å². The third-order valence-corrected chi connectivity index (χ3v) is 2.36. The number of carboxylic acids is 1. The highest BCUT2D eigenvalue weighted by atomic mass is 16.4. The summed E-state index contributed by atoms with van der Waals surface area (Å²) < 4.78 is 0. The van der Waals surface area contributed by atoms with Crippen molar-refractivity contribution in [2.45, 2.75) is 26.8 Å². The van der Waals surface area contributed by atoms with Gasteiger partial charge in [-0.2, -0.15) is 0 Å². The monoisotopic (exact) mass is 266 g/mol. The van der Waals surface area contributed by atoms with Crippen molar-refractivity contribution in [2.75, 3.05) is 13.1 Å². The number of urea groups is 1. The first-order valence-corrected chi connectivity index (χ1v) is 6.05. The average Bonchev–Trinajstić information content (AvgIpc) is 2.37. The molecule has 0 bridgehead atoms. The van der Waals surface area contributed by atoms with Crippen molar-refractivity contribution in [1.82, 2.24) is 20.2 Å². The number of amides is 2. The van der Waals surface area contributed by atoms with E-state index in [0.29, 0.717) is 18.7 Å². The fourth-order valence-corrected chi connectivity index (χ4v) is 1.47. The maximum atomic E-state index is 11.8. The summed E-state index contributed by atoms with van der Waals surface area (Å²) in [6.45, 7) is 4.03. The molecule has 0 fully saturated rings. The fraction of sp³-hybridized carbons (Fsp3) is 0.500. The van der Waals surface area contributed by atoms with E-state index in [2.05, 4.69) is 15.3 Å². The quantitative estimate of drug-likeness (QED) is 0.793. The molecule has 0 aromatic carbocycles. The van der Waals surface area contributed by atoms with Gasteiger partial charge in [0.2, 0.25) is 0 Å². The molecule has 7 heteroatoms. The first-order valence-electron chi connectivity index (χ1n) is 6.05. The summed E-state index contributed by atoms with van der Waals surface area (Å²) in [5, 5.41) is 11.4. The van der Waals surface area contributed by atoms with Crippen LogP contribution in [0.25, 0.3) is 0 Å². The number of hydrogen-bond acceptors (Lipinski definition) is 4. The van der Waals surface area contributed by atoms with Gasteiger partial charge in [-0.3, -0.25) is 14.8 Å². The van der Waals surface area contributed by atoms with Crippen LogP contribution in [0.3, 0.4) is 0 Å². The molecular formula is C12H18N4O3. The van der Waals surface area contributed by atoms with Crippen molar-refractivity contribution in [3.05, 3.63) is 23.8 Å². The van der Waals surface area contributed by atoms with Gasteiger partial charge in [0.05, 0.1) is 24.1 Å². The SMILES string of the molecule is CCCN(CC(=O)O)C(=O)NCc1cnc(C)cn1. The molecule has 0 spiro atoms. The zero-order chi connectivity index (χ0) is 14.3. The highest BCUT2D eigenvalue weighted by Crippen LogP contribution is 1.96. The van der Waals surface area contributed by atoms with Crippen LogP contribution in [0.2, 0.25) is 0 Å². The molecule has 0 aliphatic rings. The highest BCUT2D eigenvalue weighted by molar-refractivity contribution is 5.79. The molecule has 0 unspecified atom stereocenters. The van der Waals surface area contributed by atoms with E-state index in [9.17, 15) is 9.59 Å². The van der Waals surface area contributed by atoms with E-state index in [-0.39, 0.29) is 13.1 Å². The van der Waals surface area contributed by atoms with Crippen LogP contribution in [-0.2, 0) is 11.3 Å². The summed E-state index contributed by atoms with van der Waals surface area (Å²) in [4.78, 5) is 31.9. The summed E-state index contributed by atoms with van der Waals surface area (Å²) in [6.07, 6.45) is 3.89. The molecule has 1 aromatic rings. The lowest BCUT2D eigenvalue weighted by Crippen LogP contribution is -2.42. The first-order chi connectivity index (χ1) is 9.02. The van der Waals surface area contributed by atoms with Crippen LogP contribution in [0.4, 0.5) is 4.79 Å². The van der Waals surface area contributed by atoms with Gasteiger partial charge in [0.15, 0.2) is 0 Å². The standard InChI is InChI=1S/C12H18N4O3/c1-3-4-16(8-11(17)18)12(19)15-7-10-6-13-9(2)5-14-10/h5-6H,3-4,7-8H2,1-2H3,(H,15,19)(H,17,18). The van der Waals surface area contributed by atoms with Crippen LogP contribution < -0.4 is 5.32 Å². The number of nitrogens with one attached hydrogen (secondary N) is 1. The number of carbonyl (C=O) groups is 2. The lowest BCUT2D eigenvalue weighted by molar-refractivity contribution is -0.137. The summed E-state index contributed by atoms with van der Waals surface area (Å²) >= 11 is 0. The molecule has 1 heterocycles. The van der Waals surface area contributed by atoms with E-state index >= 15 is 0 Å². The minimum absolute atomic E-state index is 0.228. The van der Waals surface area contributed by atoms with Gasteiger partial charge in [0.25, 0.3) is 0 Å². The van der Waals surface area contributed by atoms with E-state index in [1.807, 2.05) is 13.8 Å². The van der Waals surface area contributed by atoms with Crippen molar-refractivity contribution in [1.29, 1.82) is 0 Å². The average molecular weight is 266 g/mol. The molecule has 0 saturated carbocycles. The van der Waals surface area contributed by atoms with E-state index < -0.39 is 12.0 Å². The van der Waals surface area contributed by atoms with Crippen LogP contribution in [0.5, 0.6) is 0 Å². The van der Waals surface area contributed by atoms with Gasteiger partial charge in [0, 0.05) is 12.7 Å². The zero-order valence-corrected chi connectivity index (χ0v) is 11.1. The molecule has 7 nitrogen and oxygen atoms in total. The summed E-state index contributed by atoms with van der Waals surface area (Å²) in [5.41, 5.74) is 1.43. The Labute approximate surface area is 111 Å². The van der Waals surface area contributed by atoms with Crippen LogP contribution in [-0.4, -0.2) is 45.1 Å². The number of aliphatic carboxylic acids is 1. The van der Waals surface area contributed by atoms with Gasteiger partial charge in [-0.15, -0.1) is 0 Å². The lowest BCUT2D eigenvalue weighted by atomic mass is 10.4. The maximum absolute atomic E-state index is 11.8.